The van der Waals surface area contributed by atoms with Crippen LogP contribution in [0.15, 0.2) is 54.7 Å². The van der Waals surface area contributed by atoms with Crippen LogP contribution in [0, 0.1) is 0 Å². The quantitative estimate of drug-likeness (QED) is 0.419. The van der Waals surface area contributed by atoms with Gasteiger partial charge < -0.3 is 20.1 Å². The summed E-state index contributed by atoms with van der Waals surface area (Å²) in [6.07, 6.45) is 5.47. The number of pyridine rings is 1. The first-order valence-corrected chi connectivity index (χ1v) is 14.4. The molecule has 2 aromatic carbocycles. The van der Waals surface area contributed by atoms with Crippen molar-refractivity contribution >= 4 is 50.8 Å². The molecule has 0 bridgehead atoms. The molecule has 5 rings (SSSR count). The van der Waals surface area contributed by atoms with E-state index in [1.807, 2.05) is 24.3 Å². The number of carbonyl (C=O) groups is 3. The molecular weight excluding hydrogens is 520 g/mol. The summed E-state index contributed by atoms with van der Waals surface area (Å²) in [4.78, 5) is 45.0. The van der Waals surface area contributed by atoms with E-state index in [4.69, 9.17) is 9.47 Å². The number of ether oxygens (including phenoxy) is 2. The lowest BCUT2D eigenvalue weighted by molar-refractivity contribution is -0.125. The van der Waals surface area contributed by atoms with E-state index in [0.717, 1.165) is 36.6 Å². The lowest BCUT2D eigenvalue weighted by Crippen LogP contribution is -2.51. The van der Waals surface area contributed by atoms with Crippen LogP contribution >= 0.6 is 0 Å². The van der Waals surface area contributed by atoms with Gasteiger partial charge in [-0.3, -0.25) is 28.5 Å². The largest absolute Gasteiger partial charge is 0.454 e. The maximum atomic E-state index is 13.5. The number of aromatic nitrogens is 1. The third kappa shape index (κ3) is 6.36. The van der Waals surface area contributed by atoms with Gasteiger partial charge in [0.1, 0.15) is 17.5 Å². The van der Waals surface area contributed by atoms with E-state index in [9.17, 15) is 18.6 Å². The zero-order valence-corrected chi connectivity index (χ0v) is 22.4. The topological polar surface area (TPSA) is 127 Å². The molecule has 2 atom stereocenters. The minimum atomic E-state index is -1.82. The number of para-hydroxylation sites is 1. The van der Waals surface area contributed by atoms with Gasteiger partial charge in [0.25, 0.3) is 0 Å². The summed E-state index contributed by atoms with van der Waals surface area (Å²) >= 11 is 0. The van der Waals surface area contributed by atoms with E-state index < -0.39 is 34.4 Å². The van der Waals surface area contributed by atoms with E-state index in [-0.39, 0.29) is 24.5 Å². The molecule has 3 amide bonds. The van der Waals surface area contributed by atoms with Crippen molar-refractivity contribution in [1.82, 2.24) is 10.3 Å². The average Bonchev–Trinajstić information content (AvgIpc) is 3.60. The maximum absolute atomic E-state index is 13.5. The lowest BCUT2D eigenvalue weighted by atomic mass is 10.1. The normalized spacial score (nSPS) is 16.0. The van der Waals surface area contributed by atoms with Gasteiger partial charge in [0, 0.05) is 34.0 Å². The lowest BCUT2D eigenvalue weighted by Gasteiger charge is -2.29. The number of hydrogen-bond donors (Lipinski definition) is 2. The van der Waals surface area contributed by atoms with Gasteiger partial charge in [-0.2, -0.15) is 0 Å². The van der Waals surface area contributed by atoms with Gasteiger partial charge in [0.2, 0.25) is 24.5 Å². The Labute approximate surface area is 228 Å². The summed E-state index contributed by atoms with van der Waals surface area (Å²) in [5.74, 6) is -1.05. The summed E-state index contributed by atoms with van der Waals surface area (Å²) in [7, 11) is -1.82. The highest BCUT2D eigenvalue weighted by Crippen LogP contribution is 2.34. The molecule has 204 valence electrons. The molecule has 0 spiro atoms. The molecule has 1 saturated carbocycles. The van der Waals surface area contributed by atoms with E-state index >= 15 is 0 Å². The van der Waals surface area contributed by atoms with E-state index in [2.05, 4.69) is 15.6 Å². The second-order valence-electron chi connectivity index (χ2n) is 9.66. The minimum absolute atomic E-state index is 0.0839. The van der Waals surface area contributed by atoms with E-state index in [1.165, 1.54) is 11.1 Å². The predicted molar refractivity (Wildman–Crippen MR) is 148 cm³/mol. The van der Waals surface area contributed by atoms with Crippen molar-refractivity contribution in [1.29, 1.82) is 0 Å². The molecule has 0 saturated heterocycles. The molecule has 2 heterocycles. The van der Waals surface area contributed by atoms with E-state index in [0.29, 0.717) is 22.9 Å². The maximum Gasteiger partial charge on any atom is 0.243 e. The fourth-order valence-electron chi connectivity index (χ4n) is 4.86. The fourth-order valence-corrected chi connectivity index (χ4v) is 5.74. The number of amides is 3. The standard InChI is InChI=1S/C28H30N4O6S/c1-18(28(35)31-20-7-3-4-8-20)32(22-12-19-6-2-5-9-23(19)29-14-22)27(34)16-39(36)15-26(33)30-21-10-11-24-25(13-21)38-17-37-24/h2,5-6,9-14,18,20H,3-4,7-8,15-17H2,1H3,(H,30,33)(H,31,35)/t18-,39-/m1/s1. The summed E-state index contributed by atoms with van der Waals surface area (Å²) < 4.78 is 23.5. The van der Waals surface area contributed by atoms with Crippen molar-refractivity contribution in [2.24, 2.45) is 0 Å². The van der Waals surface area contributed by atoms with Crippen LogP contribution in [-0.4, -0.2) is 57.3 Å². The highest BCUT2D eigenvalue weighted by Gasteiger charge is 2.31. The second-order valence-corrected chi connectivity index (χ2v) is 11.1. The molecule has 11 heteroatoms. The first kappa shape index (κ1) is 26.6. The highest BCUT2D eigenvalue weighted by molar-refractivity contribution is 7.86. The van der Waals surface area contributed by atoms with Crippen LogP contribution in [0.5, 0.6) is 11.5 Å². The SMILES string of the molecule is C[C@H](C(=O)NC1CCCC1)N(C(=O)C[S@](=O)CC(=O)Nc1ccc2c(c1)OCO2)c1cnc2ccccc2c1. The van der Waals surface area contributed by atoms with Gasteiger partial charge in [-0.25, -0.2) is 0 Å². The molecule has 10 nitrogen and oxygen atoms in total. The van der Waals surface area contributed by atoms with Gasteiger partial charge in [-0.1, -0.05) is 31.0 Å². The van der Waals surface area contributed by atoms with Crippen molar-refractivity contribution in [3.8, 4) is 11.5 Å². The number of fused-ring (bicyclic) bond motifs is 2. The molecular formula is C28H30N4O6S. The van der Waals surface area contributed by atoms with Crippen molar-refractivity contribution in [2.75, 3.05) is 28.5 Å². The Morgan fingerprint density at radius 1 is 1.05 bits per heavy atom. The van der Waals surface area contributed by atoms with Gasteiger partial charge >= 0.3 is 0 Å². The van der Waals surface area contributed by atoms with Crippen LogP contribution in [0.2, 0.25) is 0 Å². The number of nitrogens with zero attached hydrogens (tertiary/aromatic N) is 2. The zero-order valence-electron chi connectivity index (χ0n) is 21.6. The van der Waals surface area contributed by atoms with Crippen LogP contribution in [0.3, 0.4) is 0 Å². The molecule has 1 aliphatic heterocycles. The van der Waals surface area contributed by atoms with Crippen molar-refractivity contribution in [3.63, 3.8) is 0 Å². The number of hydrogen-bond acceptors (Lipinski definition) is 7. The smallest absolute Gasteiger partial charge is 0.243 e. The molecule has 1 aromatic heterocycles. The minimum Gasteiger partial charge on any atom is -0.454 e. The van der Waals surface area contributed by atoms with Crippen molar-refractivity contribution < 1.29 is 28.1 Å². The monoisotopic (exact) mass is 550 g/mol. The molecule has 2 aliphatic rings. The number of nitrogens with one attached hydrogen (secondary N) is 2. The molecule has 39 heavy (non-hydrogen) atoms. The van der Waals surface area contributed by atoms with Gasteiger partial charge in [-0.05, 0) is 44.0 Å². The Morgan fingerprint density at radius 3 is 2.64 bits per heavy atom. The molecule has 1 fully saturated rings. The first-order chi connectivity index (χ1) is 18.9. The van der Waals surface area contributed by atoms with Crippen LogP contribution < -0.4 is 25.0 Å². The number of benzene rings is 2. The molecule has 0 unspecified atom stereocenters. The summed E-state index contributed by atoms with van der Waals surface area (Å²) in [6.45, 7) is 1.76. The molecule has 2 N–H and O–H groups in total. The van der Waals surface area contributed by atoms with Crippen LogP contribution in [0.1, 0.15) is 32.6 Å². The van der Waals surface area contributed by atoms with Crippen LogP contribution in [0.4, 0.5) is 11.4 Å². The van der Waals surface area contributed by atoms with Gasteiger partial charge in [0.15, 0.2) is 11.5 Å². The fraction of sp³-hybridized carbons (Fsp3) is 0.357. The van der Waals surface area contributed by atoms with Crippen molar-refractivity contribution in [2.45, 2.75) is 44.7 Å². The summed E-state index contributed by atoms with van der Waals surface area (Å²) in [5, 5.41) is 6.52. The molecule has 0 radical (unpaired) electrons. The van der Waals surface area contributed by atoms with Crippen molar-refractivity contribution in [3.05, 3.63) is 54.7 Å². The van der Waals surface area contributed by atoms with Gasteiger partial charge in [-0.15, -0.1) is 0 Å². The predicted octanol–water partition coefficient (Wildman–Crippen LogP) is 3.13. The Hall–Kier alpha value is -3.99. The average molecular weight is 551 g/mol. The highest BCUT2D eigenvalue weighted by atomic mass is 32.2. The van der Waals surface area contributed by atoms with Gasteiger partial charge in [0.05, 0.1) is 17.4 Å². The Balaban J connectivity index is 1.28. The number of rotatable bonds is 9. The van der Waals surface area contributed by atoms with Crippen LogP contribution in [-0.2, 0) is 25.2 Å². The summed E-state index contributed by atoms with van der Waals surface area (Å²) in [6, 6.07) is 13.4. The zero-order chi connectivity index (χ0) is 27.4. The third-order valence-corrected chi connectivity index (χ3v) is 7.98. The Kier molecular flexibility index (Phi) is 8.06. The van der Waals surface area contributed by atoms with Crippen LogP contribution in [0.25, 0.3) is 10.9 Å². The summed E-state index contributed by atoms with van der Waals surface area (Å²) in [5.41, 5.74) is 1.64. The Morgan fingerprint density at radius 2 is 1.82 bits per heavy atom. The first-order valence-electron chi connectivity index (χ1n) is 12.9. The second kappa shape index (κ2) is 11.8. The third-order valence-electron chi connectivity index (χ3n) is 6.82. The van der Waals surface area contributed by atoms with E-state index in [1.54, 1.807) is 31.2 Å². The molecule has 1 aliphatic carbocycles. The number of anilines is 2. The Bertz CT molecular complexity index is 1420. The number of carbonyl (C=O) groups excluding carboxylic acids is 3. The molecule has 3 aromatic rings.